The number of alkyl halides is 3. The number of halogens is 3. The molecule has 1 atom stereocenters. The van der Waals surface area contributed by atoms with E-state index in [0.717, 1.165) is 25.0 Å². The van der Waals surface area contributed by atoms with Crippen molar-refractivity contribution in [3.8, 4) is 5.75 Å². The van der Waals surface area contributed by atoms with Crippen molar-refractivity contribution in [2.45, 2.75) is 65.0 Å². The van der Waals surface area contributed by atoms with Crippen molar-refractivity contribution < 1.29 is 51.2 Å². The number of ether oxygens (including phenoxy) is 6. The Kier molecular flexibility index (Phi) is 8.95. The number of nitrogens with zero attached hydrogens (tertiary/aromatic N) is 1. The van der Waals surface area contributed by atoms with Gasteiger partial charge in [0.15, 0.2) is 0 Å². The molecule has 1 aromatic rings. The molecule has 1 aliphatic carbocycles. The van der Waals surface area contributed by atoms with Crippen molar-refractivity contribution in [1.29, 1.82) is 0 Å². The molecule has 0 amide bonds. The lowest BCUT2D eigenvalue weighted by atomic mass is 9.89. The number of rotatable bonds is 9. The summed E-state index contributed by atoms with van der Waals surface area (Å²) in [4.78, 5) is 27.0. The molecule has 12 heteroatoms. The second kappa shape index (κ2) is 11.8. The first kappa shape index (κ1) is 28.2. The van der Waals surface area contributed by atoms with E-state index >= 15 is 0 Å². The van der Waals surface area contributed by atoms with Crippen LogP contribution in [-0.4, -0.2) is 56.0 Å². The minimum Gasteiger partial charge on any atom is -0.432 e. The molecule has 37 heavy (non-hydrogen) atoms. The first-order chi connectivity index (χ1) is 17.4. The number of carbonyl (C=O) groups excluding carboxylic acids is 2. The normalized spacial score (nSPS) is 18.2. The van der Waals surface area contributed by atoms with E-state index in [2.05, 4.69) is 4.74 Å². The summed E-state index contributed by atoms with van der Waals surface area (Å²) in [5.74, 6) is -1.18. The van der Waals surface area contributed by atoms with Crippen LogP contribution in [0.5, 0.6) is 5.75 Å². The highest BCUT2D eigenvalue weighted by molar-refractivity contribution is 5.65. The Balaban J connectivity index is 2.04. The van der Waals surface area contributed by atoms with Gasteiger partial charge in [-0.15, -0.1) is 13.2 Å². The predicted molar refractivity (Wildman–Crippen MR) is 123 cm³/mol. The van der Waals surface area contributed by atoms with Gasteiger partial charge in [0, 0.05) is 13.2 Å². The van der Waals surface area contributed by atoms with E-state index in [-0.39, 0.29) is 30.8 Å². The van der Waals surface area contributed by atoms with E-state index in [1.165, 1.54) is 19.2 Å². The lowest BCUT2D eigenvalue weighted by molar-refractivity contribution is -0.274. The first-order valence-corrected chi connectivity index (χ1v) is 11.7. The lowest BCUT2D eigenvalue weighted by Crippen LogP contribution is -2.34. The van der Waals surface area contributed by atoms with Gasteiger partial charge in [-0.05, 0) is 58.2 Å². The molecule has 1 aromatic carbocycles. The molecular weight excluding hydrogens is 499 g/mol. The second-order valence-electron chi connectivity index (χ2n) is 8.76. The number of hydrogen-bond donors (Lipinski definition) is 0. The molecule has 0 aromatic heterocycles. The molecule has 2 aliphatic rings. The molecule has 0 bridgehead atoms. The van der Waals surface area contributed by atoms with E-state index in [1.807, 2.05) is 4.90 Å². The molecule has 204 valence electrons. The highest BCUT2D eigenvalue weighted by Crippen LogP contribution is 2.47. The van der Waals surface area contributed by atoms with Crippen molar-refractivity contribution in [3.63, 3.8) is 0 Å². The maximum atomic E-state index is 12.7. The summed E-state index contributed by atoms with van der Waals surface area (Å²) in [6.07, 6.45) is -5.55. The number of allylic oxidation sites excluding steroid dienone is 2. The van der Waals surface area contributed by atoms with Gasteiger partial charge in [0.25, 0.3) is 0 Å². The van der Waals surface area contributed by atoms with E-state index in [1.54, 1.807) is 27.7 Å². The van der Waals surface area contributed by atoms with Gasteiger partial charge >= 0.3 is 18.7 Å². The van der Waals surface area contributed by atoms with Crippen molar-refractivity contribution >= 4 is 12.3 Å². The number of carbonyl (C=O) groups is 2. The molecule has 1 unspecified atom stereocenters. The highest BCUT2D eigenvalue weighted by atomic mass is 19.4. The van der Waals surface area contributed by atoms with E-state index in [0.29, 0.717) is 17.0 Å². The SMILES string of the molecule is COCCOC(=O)OC1=C(C)N(C2CC2)C(C)=C(OC(=O)OC(C)C)C1c1ccc(OC(F)(F)F)cc1. The van der Waals surface area contributed by atoms with Gasteiger partial charge in [0.2, 0.25) is 0 Å². The fourth-order valence-corrected chi connectivity index (χ4v) is 3.97. The van der Waals surface area contributed by atoms with E-state index in [9.17, 15) is 22.8 Å². The summed E-state index contributed by atoms with van der Waals surface area (Å²) in [6.45, 7) is 6.91. The molecule has 0 N–H and O–H groups in total. The third-order valence-electron chi connectivity index (χ3n) is 5.55. The summed E-state index contributed by atoms with van der Waals surface area (Å²) in [5.41, 5.74) is 1.55. The fraction of sp³-hybridized carbons (Fsp3) is 0.520. The summed E-state index contributed by atoms with van der Waals surface area (Å²) < 4.78 is 68.3. The van der Waals surface area contributed by atoms with Crippen molar-refractivity contribution in [2.24, 2.45) is 0 Å². The van der Waals surface area contributed by atoms with Gasteiger partial charge in [-0.2, -0.15) is 0 Å². The van der Waals surface area contributed by atoms with Crippen LogP contribution in [0, 0.1) is 0 Å². The third-order valence-corrected chi connectivity index (χ3v) is 5.55. The molecule has 0 radical (unpaired) electrons. The van der Waals surface area contributed by atoms with Crippen molar-refractivity contribution in [2.75, 3.05) is 20.3 Å². The molecule has 1 aliphatic heterocycles. The van der Waals surface area contributed by atoms with E-state index in [4.69, 9.17) is 23.7 Å². The smallest absolute Gasteiger partial charge is 0.432 e. The minimum absolute atomic E-state index is 0.0545. The average molecular weight is 530 g/mol. The van der Waals surface area contributed by atoms with Gasteiger partial charge in [0.1, 0.15) is 29.8 Å². The van der Waals surface area contributed by atoms with Crippen LogP contribution in [0.1, 0.15) is 52.0 Å². The second-order valence-corrected chi connectivity index (χ2v) is 8.76. The Morgan fingerprint density at radius 2 is 1.54 bits per heavy atom. The largest absolute Gasteiger partial charge is 0.573 e. The van der Waals surface area contributed by atoms with E-state index < -0.39 is 36.4 Å². The molecule has 9 nitrogen and oxygen atoms in total. The van der Waals surface area contributed by atoms with Crippen LogP contribution >= 0.6 is 0 Å². The monoisotopic (exact) mass is 529 g/mol. The maximum Gasteiger partial charge on any atom is 0.573 e. The Morgan fingerprint density at radius 3 is 2.03 bits per heavy atom. The topological polar surface area (TPSA) is 92.8 Å². The Hall–Kier alpha value is -3.41. The average Bonchev–Trinajstić information content (AvgIpc) is 3.62. The first-order valence-electron chi connectivity index (χ1n) is 11.7. The molecule has 0 spiro atoms. The zero-order valence-corrected chi connectivity index (χ0v) is 21.2. The summed E-state index contributed by atoms with van der Waals surface area (Å²) >= 11 is 0. The zero-order chi connectivity index (χ0) is 27.3. The Labute approximate surface area is 212 Å². The number of methoxy groups -OCH3 is 1. The highest BCUT2D eigenvalue weighted by Gasteiger charge is 2.43. The number of hydrogen-bond acceptors (Lipinski definition) is 9. The maximum absolute atomic E-state index is 12.7. The van der Waals surface area contributed by atoms with Crippen LogP contribution in [0.2, 0.25) is 0 Å². The molecule has 1 fully saturated rings. The van der Waals surface area contributed by atoms with Crippen LogP contribution < -0.4 is 4.74 Å². The minimum atomic E-state index is -4.86. The van der Waals surface area contributed by atoms with Crippen LogP contribution in [0.25, 0.3) is 0 Å². The predicted octanol–water partition coefficient (Wildman–Crippen LogP) is 5.97. The van der Waals surface area contributed by atoms with Gasteiger partial charge in [-0.1, -0.05) is 12.1 Å². The van der Waals surface area contributed by atoms with Gasteiger partial charge < -0.3 is 33.3 Å². The van der Waals surface area contributed by atoms with Crippen molar-refractivity contribution in [1.82, 2.24) is 4.90 Å². The van der Waals surface area contributed by atoms with Gasteiger partial charge in [-0.25, -0.2) is 9.59 Å². The van der Waals surface area contributed by atoms with Gasteiger partial charge in [0.05, 0.1) is 24.1 Å². The summed E-state index contributed by atoms with van der Waals surface area (Å²) in [7, 11) is 1.45. The quantitative estimate of drug-likeness (QED) is 0.283. The van der Waals surface area contributed by atoms with Crippen LogP contribution in [0.3, 0.4) is 0 Å². The molecule has 1 heterocycles. The molecule has 0 saturated heterocycles. The molecular formula is C25H30F3NO8. The molecule has 3 rings (SSSR count). The van der Waals surface area contributed by atoms with Crippen LogP contribution in [-0.2, 0) is 23.7 Å². The fourth-order valence-electron chi connectivity index (χ4n) is 3.97. The zero-order valence-electron chi connectivity index (χ0n) is 21.2. The standard InChI is InChI=1S/C25H30F3NO8/c1-14(2)34-24(31)36-22-16(4)29(18-8-9-18)15(3)21(35-23(30)33-13-12-32-5)20(22)17-6-10-19(11-7-17)37-25(26,27)28/h6-7,10-11,14,18,20H,8-9,12-13H2,1-5H3. The Morgan fingerprint density at radius 1 is 0.973 bits per heavy atom. The summed E-state index contributed by atoms with van der Waals surface area (Å²) in [5, 5.41) is 0. The van der Waals surface area contributed by atoms with Crippen LogP contribution in [0.15, 0.2) is 47.2 Å². The van der Waals surface area contributed by atoms with Gasteiger partial charge in [-0.3, -0.25) is 0 Å². The van der Waals surface area contributed by atoms with Crippen LogP contribution in [0.4, 0.5) is 22.8 Å². The van der Waals surface area contributed by atoms with Crippen molar-refractivity contribution in [3.05, 3.63) is 52.7 Å². The Bertz CT molecular complexity index is 1050. The lowest BCUT2D eigenvalue weighted by Gasteiger charge is -2.37. The third kappa shape index (κ3) is 7.54. The number of benzene rings is 1. The summed E-state index contributed by atoms with van der Waals surface area (Å²) in [6, 6.07) is 5.09. The molecule has 1 saturated carbocycles.